The highest BCUT2D eigenvalue weighted by Crippen LogP contribution is 2.03. The third-order valence-electron chi connectivity index (χ3n) is 3.81. The molecule has 0 atom stereocenters. The highest BCUT2D eigenvalue weighted by atomic mass is 16.5. The van der Waals surface area contributed by atoms with Crippen LogP contribution in [0.1, 0.15) is 71.6 Å². The Morgan fingerprint density at radius 2 is 1.44 bits per heavy atom. The Bertz CT molecular complexity index is 404. The molecule has 0 unspecified atom stereocenters. The van der Waals surface area contributed by atoms with Crippen LogP contribution in [0, 0.1) is 0 Å². The molecule has 0 aromatic rings. The summed E-state index contributed by atoms with van der Waals surface area (Å²) in [5.74, 6) is -1.04. The number of carbonyl (C=O) groups excluding carboxylic acids is 3. The Morgan fingerprint density at radius 1 is 0.840 bits per heavy atom. The van der Waals surface area contributed by atoms with Crippen LogP contribution in [0.5, 0.6) is 0 Å². The number of unbranched alkanes of at least 4 members (excludes halogenated alkanes) is 5. The average molecular weight is 359 g/mol. The van der Waals surface area contributed by atoms with Gasteiger partial charge in [-0.25, -0.2) is 10.1 Å². The monoisotopic (exact) mass is 359 g/mol. The van der Waals surface area contributed by atoms with Gasteiger partial charge in [0.05, 0.1) is 0 Å². The molecule has 8 nitrogen and oxygen atoms in total. The summed E-state index contributed by atoms with van der Waals surface area (Å²) in [5.41, 5.74) is 0. The molecule has 25 heavy (non-hydrogen) atoms. The molecule has 0 saturated heterocycles. The number of carbonyl (C=O) groups is 3. The predicted molar refractivity (Wildman–Crippen MR) is 92.9 cm³/mol. The van der Waals surface area contributed by atoms with Gasteiger partial charge in [0, 0.05) is 39.4 Å². The molecule has 0 fully saturated rings. The molecule has 0 heterocycles. The van der Waals surface area contributed by atoms with E-state index in [0.29, 0.717) is 29.6 Å². The van der Waals surface area contributed by atoms with E-state index in [1.54, 1.807) is 0 Å². The van der Waals surface area contributed by atoms with E-state index < -0.39 is 5.91 Å². The quantitative estimate of drug-likeness (QED) is 0.250. The number of hydrogen-bond acceptors (Lipinski definition) is 5. The molecule has 0 aliphatic carbocycles. The summed E-state index contributed by atoms with van der Waals surface area (Å²) in [5, 5.41) is 22.9. The fourth-order valence-corrected chi connectivity index (χ4v) is 2.20. The van der Waals surface area contributed by atoms with Crippen molar-refractivity contribution in [1.29, 1.82) is 0 Å². The van der Waals surface area contributed by atoms with Crippen LogP contribution in [0.3, 0.4) is 0 Å². The second-order valence-corrected chi connectivity index (χ2v) is 6.13. The first kappa shape index (κ1) is 23.3. The fourth-order valence-electron chi connectivity index (χ4n) is 2.20. The molecule has 0 bridgehead atoms. The van der Waals surface area contributed by atoms with Crippen molar-refractivity contribution in [3.8, 4) is 0 Å². The summed E-state index contributed by atoms with van der Waals surface area (Å²) in [6.07, 6.45) is 6.11. The molecule has 0 aliphatic heterocycles. The van der Waals surface area contributed by atoms with E-state index in [1.165, 1.54) is 6.92 Å². The maximum absolute atomic E-state index is 11.7. The van der Waals surface area contributed by atoms with Crippen molar-refractivity contribution in [2.45, 2.75) is 71.6 Å². The van der Waals surface area contributed by atoms with E-state index in [9.17, 15) is 24.8 Å². The van der Waals surface area contributed by atoms with E-state index >= 15 is 0 Å². The summed E-state index contributed by atoms with van der Waals surface area (Å²) >= 11 is 0. The van der Waals surface area contributed by atoms with Crippen LogP contribution in [0.25, 0.3) is 0 Å². The lowest BCUT2D eigenvalue weighted by atomic mass is 10.2. The fraction of sp³-hybridized carbons (Fsp3) is 0.824. The van der Waals surface area contributed by atoms with Crippen molar-refractivity contribution in [2.24, 2.45) is 0 Å². The SMILES string of the molecule is CCCCCCN(O)C(=O)CCC(=O)NCCCCCN(O)C(C)=O. The molecule has 0 aromatic heterocycles. The van der Waals surface area contributed by atoms with Crippen LogP contribution in [-0.4, -0.2) is 57.9 Å². The van der Waals surface area contributed by atoms with Gasteiger partial charge in [-0.2, -0.15) is 0 Å². The predicted octanol–water partition coefficient (Wildman–Crippen LogP) is 2.09. The lowest BCUT2D eigenvalue weighted by Gasteiger charge is -2.14. The second-order valence-electron chi connectivity index (χ2n) is 6.13. The Hall–Kier alpha value is -1.67. The summed E-state index contributed by atoms with van der Waals surface area (Å²) in [6.45, 7) is 4.46. The Kier molecular flexibility index (Phi) is 13.7. The molecule has 0 rings (SSSR count). The van der Waals surface area contributed by atoms with Gasteiger partial charge in [0.2, 0.25) is 17.7 Å². The number of amides is 3. The molecule has 0 radical (unpaired) electrons. The molecule has 0 aromatic carbocycles. The minimum Gasteiger partial charge on any atom is -0.356 e. The second kappa shape index (κ2) is 14.7. The molecule has 8 heteroatoms. The van der Waals surface area contributed by atoms with Gasteiger partial charge >= 0.3 is 0 Å². The number of nitrogens with zero attached hydrogens (tertiary/aromatic N) is 2. The van der Waals surface area contributed by atoms with E-state index in [1.807, 2.05) is 0 Å². The van der Waals surface area contributed by atoms with E-state index in [0.717, 1.165) is 38.5 Å². The molecular formula is C17H33N3O5. The molecule has 146 valence electrons. The molecule has 0 aliphatic rings. The van der Waals surface area contributed by atoms with Crippen LogP contribution in [-0.2, 0) is 14.4 Å². The highest BCUT2D eigenvalue weighted by molar-refractivity contribution is 5.83. The van der Waals surface area contributed by atoms with Gasteiger partial charge in [-0.05, 0) is 25.7 Å². The molecular weight excluding hydrogens is 326 g/mol. The normalized spacial score (nSPS) is 10.4. The topological polar surface area (TPSA) is 110 Å². The molecule has 3 amide bonds. The van der Waals surface area contributed by atoms with E-state index in [2.05, 4.69) is 12.2 Å². The van der Waals surface area contributed by atoms with Crippen molar-refractivity contribution >= 4 is 17.7 Å². The average Bonchev–Trinajstić information content (AvgIpc) is 2.58. The van der Waals surface area contributed by atoms with Crippen molar-refractivity contribution in [3.05, 3.63) is 0 Å². The van der Waals surface area contributed by atoms with Gasteiger partial charge < -0.3 is 5.32 Å². The summed E-state index contributed by atoms with van der Waals surface area (Å²) in [6, 6.07) is 0. The molecule has 0 spiro atoms. The van der Waals surface area contributed by atoms with Crippen molar-refractivity contribution in [3.63, 3.8) is 0 Å². The number of nitrogens with one attached hydrogen (secondary N) is 1. The third kappa shape index (κ3) is 13.3. The number of hydrogen-bond donors (Lipinski definition) is 3. The van der Waals surface area contributed by atoms with Gasteiger partial charge in [-0.15, -0.1) is 0 Å². The van der Waals surface area contributed by atoms with Crippen LogP contribution in [0.4, 0.5) is 0 Å². The molecule has 0 saturated carbocycles. The smallest absolute Gasteiger partial charge is 0.246 e. The minimum atomic E-state index is -0.432. The van der Waals surface area contributed by atoms with Crippen LogP contribution < -0.4 is 5.32 Å². The van der Waals surface area contributed by atoms with Gasteiger partial charge in [0.25, 0.3) is 0 Å². The van der Waals surface area contributed by atoms with Gasteiger partial charge in [-0.3, -0.25) is 24.8 Å². The first-order valence-corrected chi connectivity index (χ1v) is 9.11. The summed E-state index contributed by atoms with van der Waals surface area (Å²) in [4.78, 5) is 34.1. The maximum atomic E-state index is 11.7. The Morgan fingerprint density at radius 3 is 2.04 bits per heavy atom. The lowest BCUT2D eigenvalue weighted by Crippen LogP contribution is -2.31. The van der Waals surface area contributed by atoms with Crippen molar-refractivity contribution < 1.29 is 24.8 Å². The zero-order valence-corrected chi connectivity index (χ0v) is 15.5. The summed E-state index contributed by atoms with van der Waals surface area (Å²) in [7, 11) is 0. The highest BCUT2D eigenvalue weighted by Gasteiger charge is 2.12. The van der Waals surface area contributed by atoms with Crippen molar-refractivity contribution in [1.82, 2.24) is 15.4 Å². The number of hydroxylamine groups is 4. The zero-order chi connectivity index (χ0) is 19.1. The van der Waals surface area contributed by atoms with E-state index in [-0.39, 0.29) is 31.2 Å². The largest absolute Gasteiger partial charge is 0.356 e. The molecule has 3 N–H and O–H groups in total. The van der Waals surface area contributed by atoms with Crippen LogP contribution >= 0.6 is 0 Å². The minimum absolute atomic E-state index is 0.00576. The number of rotatable bonds is 14. The first-order valence-electron chi connectivity index (χ1n) is 9.11. The Labute approximate surface area is 150 Å². The Balaban J connectivity index is 3.62. The van der Waals surface area contributed by atoms with Crippen molar-refractivity contribution in [2.75, 3.05) is 19.6 Å². The van der Waals surface area contributed by atoms with Gasteiger partial charge in [0.1, 0.15) is 0 Å². The summed E-state index contributed by atoms with van der Waals surface area (Å²) < 4.78 is 0. The maximum Gasteiger partial charge on any atom is 0.246 e. The van der Waals surface area contributed by atoms with Gasteiger partial charge in [0.15, 0.2) is 0 Å². The zero-order valence-electron chi connectivity index (χ0n) is 15.5. The van der Waals surface area contributed by atoms with E-state index in [4.69, 9.17) is 0 Å². The van der Waals surface area contributed by atoms with Crippen LogP contribution in [0.2, 0.25) is 0 Å². The van der Waals surface area contributed by atoms with Gasteiger partial charge in [-0.1, -0.05) is 26.2 Å². The van der Waals surface area contributed by atoms with Crippen LogP contribution in [0.15, 0.2) is 0 Å². The first-order chi connectivity index (χ1) is 11.9. The lowest BCUT2D eigenvalue weighted by molar-refractivity contribution is -0.166. The third-order valence-corrected chi connectivity index (χ3v) is 3.81. The standard InChI is InChI=1S/C17H33N3O5/c1-3-4-5-8-14-20(25)17(23)11-10-16(22)18-12-7-6-9-13-19(24)15(2)21/h24-25H,3-14H2,1-2H3,(H,18,22).